The van der Waals surface area contributed by atoms with Gasteiger partial charge < -0.3 is 20.2 Å². The van der Waals surface area contributed by atoms with Gasteiger partial charge in [-0.2, -0.15) is 0 Å². The minimum Gasteiger partial charge on any atom is -0.593 e. The third-order valence-electron chi connectivity index (χ3n) is 1.04. The van der Waals surface area contributed by atoms with Gasteiger partial charge in [-0.3, -0.25) is 9.59 Å². The number of carboxylic acids is 1. The Hall–Kier alpha value is -1.21. The largest absolute Gasteiger partial charge is 0.593 e. The summed E-state index contributed by atoms with van der Waals surface area (Å²) in [5, 5.41) is 21.6. The van der Waals surface area contributed by atoms with Crippen LogP contribution in [0.3, 0.4) is 0 Å². The molecule has 0 saturated carbocycles. The van der Waals surface area contributed by atoms with Crippen molar-refractivity contribution in [1.82, 2.24) is 0 Å². The Kier molecular flexibility index (Phi) is 7.71. The summed E-state index contributed by atoms with van der Waals surface area (Å²) in [4.78, 5) is 38.5. The number of hydrogen-bond acceptors (Lipinski definition) is 7. The highest BCUT2D eigenvalue weighted by Gasteiger charge is 2.40. The van der Waals surface area contributed by atoms with Gasteiger partial charge in [0.15, 0.2) is 0 Å². The van der Waals surface area contributed by atoms with Gasteiger partial charge in [0.1, 0.15) is 6.61 Å². The summed E-state index contributed by atoms with van der Waals surface area (Å²) >= 11 is 0. The van der Waals surface area contributed by atoms with Crippen LogP contribution in [0.25, 0.3) is 0 Å². The summed E-state index contributed by atoms with van der Waals surface area (Å²) in [5.74, 6) is -2.20. The number of hydrogen-bond donors (Lipinski definition) is 3. The average Bonchev–Trinajstić information content (AvgIpc) is 2.17. The number of carbonyl (C=O) groups is 3. The van der Waals surface area contributed by atoms with Crippen LogP contribution in [0.15, 0.2) is 0 Å². The Morgan fingerprint density at radius 2 is 1.87 bits per heavy atom. The number of Topliss-reactive ketones (excluding diaryl/α,β-unsaturated/α-hetero) is 1. The van der Waals surface area contributed by atoms with E-state index in [1.807, 2.05) is 0 Å². The topological polar surface area (TPSA) is 152 Å². The van der Waals surface area contributed by atoms with Crippen LogP contribution in [0.1, 0.15) is 6.92 Å². The maximum absolute atomic E-state index is 9.88. The maximum atomic E-state index is 9.88. The molecule has 0 saturated heterocycles. The Labute approximate surface area is 85.0 Å². The lowest BCUT2D eigenvalue weighted by Gasteiger charge is -2.06. The predicted octanol–water partition coefficient (Wildman–Crippen LogP) is -2.37. The predicted molar refractivity (Wildman–Crippen MR) is 44.0 cm³/mol. The van der Waals surface area contributed by atoms with E-state index in [0.717, 1.165) is 6.92 Å². The molecule has 0 aliphatic heterocycles. The molecule has 2 atom stereocenters. The van der Waals surface area contributed by atoms with Gasteiger partial charge in [-0.15, -0.1) is 0 Å². The molecule has 3 N–H and O–H groups in total. The molecular weight excluding hydrogens is 231 g/mol. The molecule has 86 valence electrons. The van der Waals surface area contributed by atoms with Crippen LogP contribution in [0.2, 0.25) is 0 Å². The summed E-state index contributed by atoms with van der Waals surface area (Å²) < 4.78 is 9.88. The second kappa shape index (κ2) is 7.13. The van der Waals surface area contributed by atoms with E-state index in [-0.39, 0.29) is 6.29 Å². The van der Waals surface area contributed by atoms with E-state index in [1.54, 1.807) is 0 Å². The summed E-state index contributed by atoms with van der Waals surface area (Å²) in [5.41, 5.74) is 0. The Bertz CT molecular complexity index is 262. The van der Waals surface area contributed by atoms with Gasteiger partial charge in [0.25, 0.3) is 0 Å². The minimum atomic E-state index is -3.31. The highest BCUT2D eigenvalue weighted by Crippen LogP contribution is 2.25. The second-order valence-electron chi connectivity index (χ2n) is 2.27. The molecule has 0 amide bonds. The number of rotatable bonds is 4. The Morgan fingerprint density at radius 3 is 1.87 bits per heavy atom. The van der Waals surface area contributed by atoms with E-state index in [2.05, 4.69) is 0 Å². The van der Waals surface area contributed by atoms with Gasteiger partial charge in [0, 0.05) is 6.92 Å². The van der Waals surface area contributed by atoms with Crippen LogP contribution in [0, 0.1) is 0 Å². The van der Waals surface area contributed by atoms with E-state index in [1.165, 1.54) is 0 Å². The molecule has 0 aliphatic rings. The first-order chi connectivity index (χ1) is 6.71. The molecule has 9 heteroatoms. The molecule has 0 aromatic heterocycles. The normalized spacial score (nSPS) is 14.0. The first-order valence-corrected chi connectivity index (χ1v) is 4.57. The van der Waals surface area contributed by atoms with Crippen molar-refractivity contribution in [1.29, 1.82) is 0 Å². The molecule has 0 aromatic rings. The average molecular weight is 240 g/mol. The SMILES string of the molecule is CC(=O)C(=O)O.O=CC(O)(CO)[P+](=O)[O-]. The van der Waals surface area contributed by atoms with Crippen molar-refractivity contribution < 1.29 is 39.2 Å². The van der Waals surface area contributed by atoms with Crippen LogP contribution >= 0.6 is 8.03 Å². The van der Waals surface area contributed by atoms with Crippen LogP contribution in [0.5, 0.6) is 0 Å². The Balaban J connectivity index is 0. The Morgan fingerprint density at radius 1 is 1.53 bits per heavy atom. The van der Waals surface area contributed by atoms with E-state index in [9.17, 15) is 23.8 Å². The fraction of sp³-hybridized carbons (Fsp3) is 0.500. The first kappa shape index (κ1) is 16.2. The highest BCUT2D eigenvalue weighted by atomic mass is 31.1. The number of carbonyl (C=O) groups excluding carboxylic acids is 2. The maximum Gasteiger partial charge on any atom is 0.371 e. The number of carboxylic acid groups (broad SMARTS) is 1. The van der Waals surface area contributed by atoms with Crippen molar-refractivity contribution in [2.24, 2.45) is 0 Å². The molecule has 0 spiro atoms. The summed E-state index contributed by atoms with van der Waals surface area (Å²) in [6.45, 7) is -0.0997. The van der Waals surface area contributed by atoms with E-state index >= 15 is 0 Å². The van der Waals surface area contributed by atoms with Crippen LogP contribution < -0.4 is 4.89 Å². The van der Waals surface area contributed by atoms with Gasteiger partial charge in [-0.1, -0.05) is 4.57 Å². The summed E-state index contributed by atoms with van der Waals surface area (Å²) in [6.07, 6.45) is -0.224. The van der Waals surface area contributed by atoms with Gasteiger partial charge in [-0.05, 0) is 0 Å². The van der Waals surface area contributed by atoms with Gasteiger partial charge in [0.05, 0.1) is 0 Å². The fourth-order valence-electron chi connectivity index (χ4n) is 0.138. The highest BCUT2D eigenvalue weighted by molar-refractivity contribution is 7.39. The van der Waals surface area contributed by atoms with Crippen LogP contribution in [0.4, 0.5) is 0 Å². The number of aliphatic hydroxyl groups is 2. The summed E-state index contributed by atoms with van der Waals surface area (Å²) in [7, 11) is -3.31. The quantitative estimate of drug-likeness (QED) is 0.280. The van der Waals surface area contributed by atoms with Gasteiger partial charge in [-0.25, -0.2) is 4.79 Å². The van der Waals surface area contributed by atoms with Crippen molar-refractivity contribution in [3.63, 3.8) is 0 Å². The van der Waals surface area contributed by atoms with Gasteiger partial charge >= 0.3 is 19.3 Å². The lowest BCUT2D eigenvalue weighted by atomic mass is 10.4. The zero-order valence-corrected chi connectivity index (χ0v) is 8.51. The van der Waals surface area contributed by atoms with E-state index < -0.39 is 31.7 Å². The van der Waals surface area contributed by atoms with Crippen molar-refractivity contribution in [3.05, 3.63) is 0 Å². The molecular formula is C6H9O8P. The molecule has 0 heterocycles. The van der Waals surface area contributed by atoms with E-state index in [4.69, 9.17) is 15.3 Å². The first-order valence-electron chi connectivity index (χ1n) is 3.39. The van der Waals surface area contributed by atoms with Crippen molar-refractivity contribution >= 4 is 26.1 Å². The molecule has 0 aromatic carbocycles. The third kappa shape index (κ3) is 6.81. The van der Waals surface area contributed by atoms with Crippen molar-refractivity contribution in [3.8, 4) is 0 Å². The molecule has 0 fully saturated rings. The van der Waals surface area contributed by atoms with Gasteiger partial charge in [0.2, 0.25) is 12.1 Å². The third-order valence-corrected chi connectivity index (χ3v) is 1.92. The number of ketones is 1. The monoisotopic (exact) mass is 240 g/mol. The molecule has 0 aliphatic carbocycles. The molecule has 15 heavy (non-hydrogen) atoms. The van der Waals surface area contributed by atoms with Crippen molar-refractivity contribution in [2.75, 3.05) is 6.61 Å². The molecule has 2 unspecified atom stereocenters. The number of aliphatic carboxylic acids is 1. The van der Waals surface area contributed by atoms with E-state index in [0.29, 0.717) is 0 Å². The number of aliphatic hydroxyl groups excluding tert-OH is 1. The lowest BCUT2D eigenvalue weighted by molar-refractivity contribution is -0.181. The zero-order chi connectivity index (χ0) is 12.6. The fourth-order valence-corrected chi connectivity index (χ4v) is 0.340. The molecule has 0 bridgehead atoms. The zero-order valence-electron chi connectivity index (χ0n) is 7.61. The molecule has 0 radical (unpaired) electrons. The molecule has 8 nitrogen and oxygen atoms in total. The standard InChI is InChI=1S/C3H5O5P.C3H4O3/c4-1-3(6,2-5)9(7)8;1-2(4)3(5)6/h1,5-6H,2H2;1H3,(H,5,6). The minimum absolute atomic E-state index is 0.224. The second-order valence-corrected chi connectivity index (χ2v) is 3.56. The summed E-state index contributed by atoms with van der Waals surface area (Å²) in [6, 6.07) is 0. The van der Waals surface area contributed by atoms with Crippen molar-refractivity contribution in [2.45, 2.75) is 12.3 Å². The smallest absolute Gasteiger partial charge is 0.371 e. The van der Waals surface area contributed by atoms with Crippen LogP contribution in [-0.2, 0) is 18.9 Å². The van der Waals surface area contributed by atoms with Crippen LogP contribution in [-0.4, -0.2) is 45.3 Å². The number of aldehydes is 1. The lowest BCUT2D eigenvalue weighted by Crippen LogP contribution is -2.33. The molecule has 0 rings (SSSR count).